The molecule has 9 heteroatoms. The number of benzene rings is 1. The summed E-state index contributed by atoms with van der Waals surface area (Å²) < 4.78 is 5.34. The molecule has 3 amide bonds. The number of carbonyl (C=O) groups is 3. The Morgan fingerprint density at radius 2 is 2.07 bits per heavy atom. The number of imide groups is 1. The summed E-state index contributed by atoms with van der Waals surface area (Å²) in [5.41, 5.74) is 0.339. The van der Waals surface area contributed by atoms with E-state index in [1.54, 1.807) is 30.3 Å². The van der Waals surface area contributed by atoms with E-state index in [1.807, 2.05) is 23.6 Å². The number of thioether (sulfide) groups is 1. The molecule has 3 rings (SSSR count). The molecule has 7 nitrogen and oxygen atoms in total. The molecule has 1 aliphatic heterocycles. The zero-order valence-electron chi connectivity index (χ0n) is 14.6. The van der Waals surface area contributed by atoms with Crippen LogP contribution in [-0.2, 0) is 9.59 Å². The number of carbonyl (C=O) groups excluding carboxylic acids is 3. The highest BCUT2D eigenvalue weighted by molar-refractivity contribution is 8.18. The van der Waals surface area contributed by atoms with Crippen molar-refractivity contribution in [3.63, 3.8) is 0 Å². The Morgan fingerprint density at radius 3 is 2.82 bits per heavy atom. The summed E-state index contributed by atoms with van der Waals surface area (Å²) in [5, 5.41) is 13.1. The minimum absolute atomic E-state index is 0.0764. The normalized spacial score (nSPS) is 15.0. The Bertz CT molecular complexity index is 964. The number of amides is 3. The van der Waals surface area contributed by atoms with Crippen LogP contribution in [0.5, 0.6) is 5.75 Å². The number of nitrogens with zero attached hydrogens (tertiary/aromatic N) is 2. The Hall–Kier alpha value is -3.09. The first-order valence-corrected chi connectivity index (χ1v) is 9.95. The molecule has 0 atom stereocenters. The summed E-state index contributed by atoms with van der Waals surface area (Å²) >= 11 is 2.37. The molecular formula is C19H15N3O4S2. The minimum atomic E-state index is -0.408. The molecular weight excluding hydrogens is 398 g/mol. The smallest absolute Gasteiger partial charge is 0.293 e. The average Bonchev–Trinajstić information content (AvgIpc) is 3.30. The highest BCUT2D eigenvalue weighted by Gasteiger charge is 2.34. The third-order valence-electron chi connectivity index (χ3n) is 3.71. The van der Waals surface area contributed by atoms with E-state index < -0.39 is 5.91 Å². The van der Waals surface area contributed by atoms with Crippen LogP contribution in [0.2, 0.25) is 0 Å². The van der Waals surface area contributed by atoms with Crippen molar-refractivity contribution in [2.75, 3.05) is 19.7 Å². The van der Waals surface area contributed by atoms with E-state index in [1.165, 1.54) is 11.3 Å². The highest BCUT2D eigenvalue weighted by atomic mass is 32.2. The van der Waals surface area contributed by atoms with Crippen LogP contribution in [0.25, 0.3) is 6.08 Å². The highest BCUT2D eigenvalue weighted by Crippen LogP contribution is 2.32. The van der Waals surface area contributed by atoms with E-state index in [4.69, 9.17) is 10.00 Å². The Kier molecular flexibility index (Phi) is 6.47. The summed E-state index contributed by atoms with van der Waals surface area (Å²) in [5.74, 6) is -0.449. The molecule has 1 saturated heterocycles. The van der Waals surface area contributed by atoms with Gasteiger partial charge in [-0.15, -0.1) is 11.3 Å². The molecule has 1 fully saturated rings. The molecule has 28 heavy (non-hydrogen) atoms. The van der Waals surface area contributed by atoms with Crippen LogP contribution in [0.15, 0.2) is 46.7 Å². The number of thiophene rings is 1. The van der Waals surface area contributed by atoms with Gasteiger partial charge in [0.25, 0.3) is 17.1 Å². The number of ether oxygens (including phenoxy) is 1. The van der Waals surface area contributed by atoms with E-state index in [-0.39, 0.29) is 30.8 Å². The third-order valence-corrected chi connectivity index (χ3v) is 5.44. The molecule has 2 aromatic rings. The molecule has 1 N–H and O–H groups in total. The molecule has 1 aromatic heterocycles. The maximum absolute atomic E-state index is 12.4. The largest absolute Gasteiger partial charge is 0.482 e. The standard InChI is InChI=1S/C19H15N3O4S2/c20-11-13-4-1-2-6-15(13)26-12-17(23)21-7-8-22-18(24)16(28-19(22)25)10-14-5-3-9-27-14/h1-6,9-10H,7-8,12H2,(H,21,23). The first-order valence-electron chi connectivity index (χ1n) is 8.26. The van der Waals surface area contributed by atoms with Crippen LogP contribution in [0, 0.1) is 11.3 Å². The lowest BCUT2D eigenvalue weighted by Gasteiger charge is -2.13. The van der Waals surface area contributed by atoms with Crippen LogP contribution in [-0.4, -0.2) is 41.6 Å². The van der Waals surface area contributed by atoms with E-state index >= 15 is 0 Å². The van der Waals surface area contributed by atoms with Crippen molar-refractivity contribution in [1.29, 1.82) is 5.26 Å². The van der Waals surface area contributed by atoms with Gasteiger partial charge in [0.1, 0.15) is 11.8 Å². The van der Waals surface area contributed by atoms with Crippen molar-refractivity contribution >= 4 is 46.2 Å². The maximum atomic E-state index is 12.4. The van der Waals surface area contributed by atoms with E-state index in [2.05, 4.69) is 5.32 Å². The second kappa shape index (κ2) is 9.21. The van der Waals surface area contributed by atoms with Crippen LogP contribution < -0.4 is 10.1 Å². The molecule has 0 unspecified atom stereocenters. The number of hydrogen-bond acceptors (Lipinski definition) is 7. The molecule has 2 heterocycles. The summed E-state index contributed by atoms with van der Waals surface area (Å²) in [7, 11) is 0. The number of rotatable bonds is 7. The maximum Gasteiger partial charge on any atom is 0.293 e. The lowest BCUT2D eigenvalue weighted by atomic mass is 10.2. The topological polar surface area (TPSA) is 99.5 Å². The fourth-order valence-electron chi connectivity index (χ4n) is 2.38. The molecule has 0 bridgehead atoms. The van der Waals surface area contributed by atoms with E-state index in [9.17, 15) is 14.4 Å². The quantitative estimate of drug-likeness (QED) is 0.701. The summed E-state index contributed by atoms with van der Waals surface area (Å²) in [6.45, 7) is -0.0712. The molecule has 0 aliphatic carbocycles. The van der Waals surface area contributed by atoms with Crippen molar-refractivity contribution in [1.82, 2.24) is 10.2 Å². The summed E-state index contributed by atoms with van der Waals surface area (Å²) in [6, 6.07) is 12.3. The van der Waals surface area contributed by atoms with Crippen molar-refractivity contribution in [2.45, 2.75) is 0 Å². The molecule has 1 aliphatic rings. The fourth-order valence-corrected chi connectivity index (χ4v) is 3.97. The predicted octanol–water partition coefficient (Wildman–Crippen LogP) is 2.85. The van der Waals surface area contributed by atoms with Crippen molar-refractivity contribution in [3.05, 3.63) is 57.1 Å². The van der Waals surface area contributed by atoms with Crippen LogP contribution in [0.4, 0.5) is 4.79 Å². The second-order valence-electron chi connectivity index (χ2n) is 5.60. The number of para-hydroxylation sites is 1. The van der Waals surface area contributed by atoms with Crippen LogP contribution in [0.1, 0.15) is 10.4 Å². The Labute approximate surface area is 169 Å². The summed E-state index contributed by atoms with van der Waals surface area (Å²) in [4.78, 5) is 38.7. The number of nitrogens with one attached hydrogen (secondary N) is 1. The van der Waals surface area contributed by atoms with Crippen LogP contribution in [0.3, 0.4) is 0 Å². The van der Waals surface area contributed by atoms with Crippen molar-refractivity contribution < 1.29 is 19.1 Å². The average molecular weight is 413 g/mol. The van der Waals surface area contributed by atoms with Crippen LogP contribution >= 0.6 is 23.1 Å². The summed E-state index contributed by atoms with van der Waals surface area (Å²) in [6.07, 6.45) is 1.69. The van der Waals surface area contributed by atoms with Gasteiger partial charge in [0, 0.05) is 18.0 Å². The van der Waals surface area contributed by atoms with Gasteiger partial charge in [-0.3, -0.25) is 19.3 Å². The van der Waals surface area contributed by atoms with Gasteiger partial charge in [-0.2, -0.15) is 5.26 Å². The van der Waals surface area contributed by atoms with Gasteiger partial charge in [0.2, 0.25) is 0 Å². The third kappa shape index (κ3) is 4.79. The van der Waals surface area contributed by atoms with Gasteiger partial charge in [0.15, 0.2) is 6.61 Å². The predicted molar refractivity (Wildman–Crippen MR) is 107 cm³/mol. The second-order valence-corrected chi connectivity index (χ2v) is 7.57. The SMILES string of the molecule is N#Cc1ccccc1OCC(=O)NCCN1C(=O)SC(=Cc2cccs2)C1=O. The lowest BCUT2D eigenvalue weighted by molar-refractivity contribution is -0.125. The fraction of sp³-hybridized carbons (Fsp3) is 0.158. The lowest BCUT2D eigenvalue weighted by Crippen LogP contribution is -2.38. The van der Waals surface area contributed by atoms with E-state index in [0.29, 0.717) is 16.2 Å². The molecule has 0 spiro atoms. The zero-order valence-corrected chi connectivity index (χ0v) is 16.2. The van der Waals surface area contributed by atoms with E-state index in [0.717, 1.165) is 21.5 Å². The van der Waals surface area contributed by atoms with Gasteiger partial charge in [-0.25, -0.2) is 0 Å². The number of hydrogen-bond donors (Lipinski definition) is 1. The Balaban J connectivity index is 1.47. The monoisotopic (exact) mass is 413 g/mol. The molecule has 0 saturated carbocycles. The van der Waals surface area contributed by atoms with Gasteiger partial charge >= 0.3 is 0 Å². The van der Waals surface area contributed by atoms with Gasteiger partial charge in [-0.1, -0.05) is 18.2 Å². The first kappa shape index (κ1) is 19.7. The minimum Gasteiger partial charge on any atom is -0.482 e. The molecule has 142 valence electrons. The molecule has 1 aromatic carbocycles. The van der Waals surface area contributed by atoms with Gasteiger partial charge < -0.3 is 10.1 Å². The van der Waals surface area contributed by atoms with Crippen molar-refractivity contribution in [3.8, 4) is 11.8 Å². The van der Waals surface area contributed by atoms with Gasteiger partial charge in [-0.05, 0) is 41.4 Å². The number of nitriles is 1. The Morgan fingerprint density at radius 1 is 1.25 bits per heavy atom. The van der Waals surface area contributed by atoms with Crippen molar-refractivity contribution in [2.24, 2.45) is 0 Å². The zero-order chi connectivity index (χ0) is 19.9. The molecule has 0 radical (unpaired) electrons. The first-order chi connectivity index (χ1) is 13.6. The van der Waals surface area contributed by atoms with Gasteiger partial charge in [0.05, 0.1) is 10.5 Å².